The second-order valence-corrected chi connectivity index (χ2v) is 5.59. The lowest BCUT2D eigenvalue weighted by molar-refractivity contribution is -0.384. The van der Waals surface area contributed by atoms with E-state index in [0.717, 1.165) is 35.9 Å². The van der Waals surface area contributed by atoms with Crippen molar-refractivity contribution in [3.63, 3.8) is 0 Å². The molecular weight excluding hydrogens is 326 g/mol. The van der Waals surface area contributed by atoms with Crippen molar-refractivity contribution in [3.8, 4) is 0 Å². The van der Waals surface area contributed by atoms with Crippen LogP contribution in [0, 0.1) is 24.0 Å². The average molecular weight is 343 g/mol. The molecule has 0 aliphatic rings. The van der Waals surface area contributed by atoms with Crippen LogP contribution in [0.2, 0.25) is 0 Å². The third kappa shape index (κ3) is 4.63. The minimum absolute atomic E-state index is 0.0254. The molecule has 2 aromatic rings. The number of esters is 2. The Bertz CT molecular complexity index is 823. The van der Waals surface area contributed by atoms with Crippen molar-refractivity contribution in [2.45, 2.75) is 20.5 Å². The van der Waals surface area contributed by atoms with Gasteiger partial charge in [0.1, 0.15) is 6.61 Å². The number of carbonyl (C=O) groups is 2. The number of benzene rings is 2. The van der Waals surface area contributed by atoms with Crippen molar-refractivity contribution in [1.82, 2.24) is 0 Å². The molecule has 0 saturated heterocycles. The minimum Gasteiger partial charge on any atom is -0.465 e. The first-order valence-electron chi connectivity index (χ1n) is 7.42. The van der Waals surface area contributed by atoms with Crippen LogP contribution < -0.4 is 0 Å². The highest BCUT2D eigenvalue weighted by atomic mass is 16.6. The average Bonchev–Trinajstić information content (AvgIpc) is 2.57. The molecule has 0 atom stereocenters. The zero-order chi connectivity index (χ0) is 18.6. The molecular formula is C18H17NO6. The number of aryl methyl sites for hydroxylation is 2. The molecule has 0 bridgehead atoms. The van der Waals surface area contributed by atoms with Gasteiger partial charge in [-0.3, -0.25) is 10.1 Å². The summed E-state index contributed by atoms with van der Waals surface area (Å²) in [4.78, 5) is 34.2. The summed E-state index contributed by atoms with van der Waals surface area (Å²) in [6, 6.07) is 9.08. The minimum atomic E-state index is -0.771. The van der Waals surface area contributed by atoms with E-state index in [0.29, 0.717) is 0 Å². The first-order chi connectivity index (χ1) is 11.8. The van der Waals surface area contributed by atoms with Gasteiger partial charge in [-0.15, -0.1) is 0 Å². The van der Waals surface area contributed by atoms with Gasteiger partial charge in [0.25, 0.3) is 5.69 Å². The number of nitro benzene ring substituents is 1. The first-order valence-corrected chi connectivity index (χ1v) is 7.42. The molecule has 0 radical (unpaired) electrons. The van der Waals surface area contributed by atoms with Crippen LogP contribution >= 0.6 is 0 Å². The van der Waals surface area contributed by atoms with Gasteiger partial charge >= 0.3 is 11.9 Å². The quantitative estimate of drug-likeness (QED) is 0.469. The molecule has 0 heterocycles. The van der Waals surface area contributed by atoms with E-state index in [9.17, 15) is 19.7 Å². The van der Waals surface area contributed by atoms with Crippen molar-refractivity contribution in [3.05, 3.63) is 74.3 Å². The second-order valence-electron chi connectivity index (χ2n) is 5.59. The number of carbonyl (C=O) groups excluding carboxylic acids is 2. The highest BCUT2D eigenvalue weighted by molar-refractivity contribution is 5.96. The Morgan fingerprint density at radius 3 is 2.04 bits per heavy atom. The number of non-ortho nitro benzene ring substituents is 1. The third-order valence-corrected chi connectivity index (χ3v) is 3.44. The van der Waals surface area contributed by atoms with Crippen molar-refractivity contribution < 1.29 is 24.0 Å². The molecule has 0 fully saturated rings. The zero-order valence-electron chi connectivity index (χ0n) is 14.1. The van der Waals surface area contributed by atoms with Gasteiger partial charge in [0.15, 0.2) is 0 Å². The van der Waals surface area contributed by atoms with Crippen molar-refractivity contribution >= 4 is 17.6 Å². The first kappa shape index (κ1) is 18.1. The second kappa shape index (κ2) is 7.57. The lowest BCUT2D eigenvalue weighted by Crippen LogP contribution is -2.09. The highest BCUT2D eigenvalue weighted by Crippen LogP contribution is 2.19. The molecule has 2 rings (SSSR count). The van der Waals surface area contributed by atoms with Crippen molar-refractivity contribution in [2.24, 2.45) is 0 Å². The van der Waals surface area contributed by atoms with Gasteiger partial charge in [0, 0.05) is 12.1 Å². The fraction of sp³-hybridized carbons (Fsp3) is 0.222. The Hall–Kier alpha value is -3.22. The van der Waals surface area contributed by atoms with E-state index < -0.39 is 16.9 Å². The predicted molar refractivity (Wildman–Crippen MR) is 89.5 cm³/mol. The Kier molecular flexibility index (Phi) is 5.49. The van der Waals surface area contributed by atoms with Crippen LogP contribution in [0.1, 0.15) is 37.4 Å². The molecule has 7 heteroatoms. The topological polar surface area (TPSA) is 95.7 Å². The van der Waals surface area contributed by atoms with E-state index in [-0.39, 0.29) is 23.4 Å². The Morgan fingerprint density at radius 2 is 1.52 bits per heavy atom. The highest BCUT2D eigenvalue weighted by Gasteiger charge is 2.19. The number of hydrogen-bond donors (Lipinski definition) is 0. The van der Waals surface area contributed by atoms with E-state index in [4.69, 9.17) is 4.74 Å². The molecule has 7 nitrogen and oxygen atoms in total. The molecule has 25 heavy (non-hydrogen) atoms. The molecule has 0 aliphatic carbocycles. The number of hydrogen-bond acceptors (Lipinski definition) is 6. The maximum Gasteiger partial charge on any atom is 0.338 e. The molecule has 0 aliphatic heterocycles. The molecule has 2 aromatic carbocycles. The summed E-state index contributed by atoms with van der Waals surface area (Å²) in [5.41, 5.74) is 2.32. The van der Waals surface area contributed by atoms with Gasteiger partial charge in [0.2, 0.25) is 0 Å². The maximum atomic E-state index is 12.2. The van der Waals surface area contributed by atoms with Gasteiger partial charge < -0.3 is 9.47 Å². The van der Waals surface area contributed by atoms with E-state index in [1.165, 1.54) is 6.07 Å². The summed E-state index contributed by atoms with van der Waals surface area (Å²) in [6.45, 7) is 3.89. The molecule has 130 valence electrons. The van der Waals surface area contributed by atoms with Crippen LogP contribution in [-0.2, 0) is 16.1 Å². The molecule has 0 amide bonds. The van der Waals surface area contributed by atoms with Gasteiger partial charge in [-0.2, -0.15) is 0 Å². The monoisotopic (exact) mass is 343 g/mol. The smallest absolute Gasteiger partial charge is 0.338 e. The van der Waals surface area contributed by atoms with Crippen LogP contribution in [-0.4, -0.2) is 24.0 Å². The van der Waals surface area contributed by atoms with Crippen LogP contribution in [0.5, 0.6) is 0 Å². The fourth-order valence-electron chi connectivity index (χ4n) is 2.45. The molecule has 0 spiro atoms. The van der Waals surface area contributed by atoms with Gasteiger partial charge in [0.05, 0.1) is 23.2 Å². The number of nitro groups is 1. The number of methoxy groups -OCH3 is 1. The Morgan fingerprint density at radius 1 is 0.960 bits per heavy atom. The SMILES string of the molecule is COC(=O)c1cc(C(=O)OCc2cc(C)cc(C)c2)cc([N+](=O)[O-])c1. The largest absolute Gasteiger partial charge is 0.465 e. The van der Waals surface area contributed by atoms with Crippen LogP contribution in [0.3, 0.4) is 0 Å². The van der Waals surface area contributed by atoms with E-state index in [1.807, 2.05) is 32.0 Å². The summed E-state index contributed by atoms with van der Waals surface area (Å²) in [7, 11) is 1.15. The number of nitrogens with zero attached hydrogens (tertiary/aromatic N) is 1. The molecule has 0 N–H and O–H groups in total. The van der Waals surface area contributed by atoms with E-state index in [2.05, 4.69) is 4.74 Å². The summed E-state index contributed by atoms with van der Waals surface area (Å²) in [5, 5.41) is 11.0. The molecule has 0 saturated carbocycles. The summed E-state index contributed by atoms with van der Waals surface area (Å²) in [6.07, 6.45) is 0. The summed E-state index contributed by atoms with van der Waals surface area (Å²) >= 11 is 0. The third-order valence-electron chi connectivity index (χ3n) is 3.44. The van der Waals surface area contributed by atoms with Crippen LogP contribution in [0.25, 0.3) is 0 Å². The van der Waals surface area contributed by atoms with Gasteiger partial charge in [-0.05, 0) is 25.5 Å². The van der Waals surface area contributed by atoms with Crippen molar-refractivity contribution in [1.29, 1.82) is 0 Å². The predicted octanol–water partition coefficient (Wildman–Crippen LogP) is 3.36. The normalized spacial score (nSPS) is 10.2. The van der Waals surface area contributed by atoms with Crippen LogP contribution in [0.15, 0.2) is 36.4 Å². The Labute approximate surface area is 144 Å². The van der Waals surface area contributed by atoms with Gasteiger partial charge in [-0.1, -0.05) is 29.3 Å². The summed E-state index contributed by atoms with van der Waals surface area (Å²) in [5.74, 6) is -1.53. The summed E-state index contributed by atoms with van der Waals surface area (Å²) < 4.78 is 9.76. The standard InChI is InChI=1S/C18H17NO6/c1-11-4-12(2)6-13(5-11)10-25-18(21)15-7-14(17(20)24-3)8-16(9-15)19(22)23/h4-9H,10H2,1-3H3. The molecule has 0 aromatic heterocycles. The zero-order valence-corrected chi connectivity index (χ0v) is 14.1. The number of rotatable bonds is 5. The van der Waals surface area contributed by atoms with E-state index in [1.54, 1.807) is 0 Å². The molecule has 0 unspecified atom stereocenters. The van der Waals surface area contributed by atoms with Gasteiger partial charge in [-0.25, -0.2) is 9.59 Å². The fourth-order valence-corrected chi connectivity index (χ4v) is 2.45. The maximum absolute atomic E-state index is 12.2. The lowest BCUT2D eigenvalue weighted by atomic mass is 10.1. The van der Waals surface area contributed by atoms with E-state index >= 15 is 0 Å². The lowest BCUT2D eigenvalue weighted by Gasteiger charge is -2.08. The Balaban J connectivity index is 2.24. The van der Waals surface area contributed by atoms with Crippen LogP contribution in [0.4, 0.5) is 5.69 Å². The number of ether oxygens (including phenoxy) is 2. The van der Waals surface area contributed by atoms with Crippen molar-refractivity contribution in [2.75, 3.05) is 7.11 Å².